The third-order valence-electron chi connectivity index (χ3n) is 5.06. The van der Waals surface area contributed by atoms with Gasteiger partial charge in [-0.05, 0) is 50.1 Å². The minimum Gasteiger partial charge on any atom is -0.493 e. The minimum atomic E-state index is -0.441. The minimum absolute atomic E-state index is 0.113. The molecule has 1 amide bonds. The zero-order chi connectivity index (χ0) is 22.0. The molecular weight excluding hydrogens is 398 g/mol. The average molecular weight is 421 g/mol. The van der Waals surface area contributed by atoms with Gasteiger partial charge in [-0.1, -0.05) is 22.9 Å². The third-order valence-corrected chi connectivity index (χ3v) is 5.06. The first-order valence-electron chi connectivity index (χ1n) is 9.83. The SMILES string of the molecule is COc1ccc(CCNC(=O)c2nc(-c3oc4ccc(C)cc4c3C)no2)cc1OC. The van der Waals surface area contributed by atoms with Crippen molar-refractivity contribution in [3.63, 3.8) is 0 Å². The highest BCUT2D eigenvalue weighted by Crippen LogP contribution is 2.32. The van der Waals surface area contributed by atoms with Crippen molar-refractivity contribution in [3.05, 3.63) is 59.0 Å². The molecule has 0 saturated heterocycles. The number of carbonyl (C=O) groups excluding carboxylic acids is 1. The standard InChI is InChI=1S/C23H23N3O5/c1-13-5-7-17-16(11-13)14(2)20(30-17)21-25-23(31-26-21)22(27)24-10-9-15-6-8-18(28-3)19(12-15)29-4/h5-8,11-12H,9-10H2,1-4H3,(H,24,27). The summed E-state index contributed by atoms with van der Waals surface area (Å²) in [6.45, 7) is 4.35. The molecule has 1 N–H and O–H groups in total. The summed E-state index contributed by atoms with van der Waals surface area (Å²) in [6.07, 6.45) is 0.606. The Balaban J connectivity index is 1.43. The van der Waals surface area contributed by atoms with Gasteiger partial charge < -0.3 is 23.7 Å². The summed E-state index contributed by atoms with van der Waals surface area (Å²) in [6, 6.07) is 11.6. The van der Waals surface area contributed by atoms with Crippen LogP contribution in [0.5, 0.6) is 11.5 Å². The highest BCUT2D eigenvalue weighted by molar-refractivity contribution is 5.90. The lowest BCUT2D eigenvalue weighted by molar-refractivity contribution is 0.0910. The first kappa shape index (κ1) is 20.5. The Labute approximate surface area is 179 Å². The van der Waals surface area contributed by atoms with Crippen LogP contribution in [0.1, 0.15) is 27.4 Å². The molecule has 0 spiro atoms. The predicted octanol–water partition coefficient (Wildman–Crippen LogP) is 4.09. The maximum Gasteiger partial charge on any atom is 0.316 e. The summed E-state index contributed by atoms with van der Waals surface area (Å²) in [5.41, 5.74) is 3.77. The Morgan fingerprint density at radius 2 is 1.87 bits per heavy atom. The maximum absolute atomic E-state index is 12.4. The molecule has 0 unspecified atom stereocenters. The van der Waals surface area contributed by atoms with Gasteiger partial charge in [-0.25, -0.2) is 0 Å². The van der Waals surface area contributed by atoms with Gasteiger partial charge in [-0.2, -0.15) is 4.98 Å². The molecule has 2 heterocycles. The molecule has 0 aliphatic rings. The quantitative estimate of drug-likeness (QED) is 0.480. The first-order valence-corrected chi connectivity index (χ1v) is 9.83. The molecule has 0 bridgehead atoms. The number of aromatic nitrogens is 2. The van der Waals surface area contributed by atoms with Crippen molar-refractivity contribution in [2.24, 2.45) is 0 Å². The molecule has 4 aromatic rings. The summed E-state index contributed by atoms with van der Waals surface area (Å²) in [5.74, 6) is 1.49. The van der Waals surface area contributed by atoms with E-state index in [2.05, 4.69) is 15.5 Å². The summed E-state index contributed by atoms with van der Waals surface area (Å²) < 4.78 is 21.6. The fourth-order valence-electron chi connectivity index (χ4n) is 3.39. The van der Waals surface area contributed by atoms with E-state index in [0.29, 0.717) is 30.2 Å². The topological polar surface area (TPSA) is 99.6 Å². The Morgan fingerprint density at radius 3 is 2.65 bits per heavy atom. The van der Waals surface area contributed by atoms with Crippen molar-refractivity contribution < 1.29 is 23.2 Å². The maximum atomic E-state index is 12.4. The van der Waals surface area contributed by atoms with E-state index < -0.39 is 5.91 Å². The van der Waals surface area contributed by atoms with Crippen LogP contribution in [0.25, 0.3) is 22.6 Å². The van der Waals surface area contributed by atoms with Gasteiger partial charge in [-0.3, -0.25) is 4.79 Å². The zero-order valence-electron chi connectivity index (χ0n) is 17.8. The van der Waals surface area contributed by atoms with Crippen molar-refractivity contribution in [3.8, 4) is 23.1 Å². The molecule has 31 heavy (non-hydrogen) atoms. The Kier molecular flexibility index (Phi) is 5.62. The number of rotatable bonds is 7. The Bertz CT molecular complexity index is 1240. The predicted molar refractivity (Wildman–Crippen MR) is 115 cm³/mol. The van der Waals surface area contributed by atoms with E-state index in [1.807, 2.05) is 50.2 Å². The van der Waals surface area contributed by atoms with Gasteiger partial charge in [0.15, 0.2) is 17.3 Å². The van der Waals surface area contributed by atoms with Crippen molar-refractivity contribution >= 4 is 16.9 Å². The summed E-state index contributed by atoms with van der Waals surface area (Å²) >= 11 is 0. The number of nitrogens with one attached hydrogen (secondary N) is 1. The number of aryl methyl sites for hydroxylation is 2. The lowest BCUT2D eigenvalue weighted by atomic mass is 10.1. The molecule has 0 saturated carbocycles. The van der Waals surface area contributed by atoms with Crippen LogP contribution < -0.4 is 14.8 Å². The molecule has 0 aliphatic carbocycles. The fraction of sp³-hybridized carbons (Fsp3) is 0.261. The second kappa shape index (κ2) is 8.51. The molecule has 2 aromatic carbocycles. The molecule has 0 fully saturated rings. The Morgan fingerprint density at radius 1 is 1.06 bits per heavy atom. The van der Waals surface area contributed by atoms with Crippen molar-refractivity contribution in [2.75, 3.05) is 20.8 Å². The van der Waals surface area contributed by atoms with E-state index in [0.717, 1.165) is 27.7 Å². The monoisotopic (exact) mass is 421 g/mol. The van der Waals surface area contributed by atoms with Crippen LogP contribution in [0.3, 0.4) is 0 Å². The normalized spacial score (nSPS) is 11.0. The van der Waals surface area contributed by atoms with Crippen LogP contribution in [0, 0.1) is 13.8 Å². The molecule has 8 heteroatoms. The number of methoxy groups -OCH3 is 2. The van der Waals surface area contributed by atoms with Gasteiger partial charge in [0.2, 0.25) is 5.82 Å². The largest absolute Gasteiger partial charge is 0.493 e. The number of fused-ring (bicyclic) bond motifs is 1. The number of nitrogens with zero attached hydrogens (tertiary/aromatic N) is 2. The average Bonchev–Trinajstić information content (AvgIpc) is 3.39. The molecule has 4 rings (SSSR count). The molecule has 0 atom stereocenters. The van der Waals surface area contributed by atoms with Gasteiger partial charge in [0.1, 0.15) is 5.58 Å². The summed E-state index contributed by atoms with van der Waals surface area (Å²) in [7, 11) is 3.17. The van der Waals surface area contributed by atoms with Crippen LogP contribution >= 0.6 is 0 Å². The molecular formula is C23H23N3O5. The number of benzene rings is 2. The van der Waals surface area contributed by atoms with Crippen LogP contribution in [0.15, 0.2) is 45.3 Å². The van der Waals surface area contributed by atoms with Crippen LogP contribution in [-0.2, 0) is 6.42 Å². The second-order valence-corrected chi connectivity index (χ2v) is 7.17. The second-order valence-electron chi connectivity index (χ2n) is 7.17. The van der Waals surface area contributed by atoms with Gasteiger partial charge in [0.25, 0.3) is 0 Å². The van der Waals surface area contributed by atoms with E-state index in [9.17, 15) is 4.79 Å². The number of furan rings is 1. The summed E-state index contributed by atoms with van der Waals surface area (Å²) in [4.78, 5) is 16.6. The van der Waals surface area contributed by atoms with Gasteiger partial charge in [0.05, 0.1) is 14.2 Å². The fourth-order valence-corrected chi connectivity index (χ4v) is 3.39. The van der Waals surface area contributed by atoms with Crippen molar-refractivity contribution in [1.29, 1.82) is 0 Å². The molecule has 8 nitrogen and oxygen atoms in total. The number of carbonyl (C=O) groups is 1. The first-order chi connectivity index (χ1) is 15.0. The van der Waals surface area contributed by atoms with E-state index >= 15 is 0 Å². The Hall–Kier alpha value is -3.81. The van der Waals surface area contributed by atoms with Crippen molar-refractivity contribution in [1.82, 2.24) is 15.5 Å². The molecule has 160 valence electrons. The molecule has 0 radical (unpaired) electrons. The van der Waals surface area contributed by atoms with Crippen molar-refractivity contribution in [2.45, 2.75) is 20.3 Å². The van der Waals surface area contributed by atoms with Crippen LogP contribution in [0.4, 0.5) is 0 Å². The number of hydrogen-bond donors (Lipinski definition) is 1. The van der Waals surface area contributed by atoms with E-state index in [-0.39, 0.29) is 11.7 Å². The molecule has 0 aliphatic heterocycles. The highest BCUT2D eigenvalue weighted by atomic mass is 16.5. The highest BCUT2D eigenvalue weighted by Gasteiger charge is 2.21. The molecule has 2 aromatic heterocycles. The van der Waals surface area contributed by atoms with Gasteiger partial charge >= 0.3 is 11.8 Å². The lowest BCUT2D eigenvalue weighted by Crippen LogP contribution is -2.26. The van der Waals surface area contributed by atoms with Gasteiger partial charge in [0, 0.05) is 17.5 Å². The van der Waals surface area contributed by atoms with Gasteiger partial charge in [-0.15, -0.1) is 0 Å². The lowest BCUT2D eigenvalue weighted by Gasteiger charge is -2.09. The van der Waals surface area contributed by atoms with E-state index in [1.54, 1.807) is 14.2 Å². The summed E-state index contributed by atoms with van der Waals surface area (Å²) in [5, 5.41) is 7.70. The van der Waals surface area contributed by atoms with Crippen LogP contribution in [0.2, 0.25) is 0 Å². The number of hydrogen-bond acceptors (Lipinski definition) is 7. The van der Waals surface area contributed by atoms with E-state index in [4.69, 9.17) is 18.4 Å². The number of ether oxygens (including phenoxy) is 2. The third kappa shape index (κ3) is 4.09. The smallest absolute Gasteiger partial charge is 0.316 e. The zero-order valence-corrected chi connectivity index (χ0v) is 17.8. The van der Waals surface area contributed by atoms with E-state index in [1.165, 1.54) is 0 Å². The van der Waals surface area contributed by atoms with Crippen LogP contribution in [-0.4, -0.2) is 36.8 Å². The number of amides is 1.